The Hall–Kier alpha value is -4.13. The summed E-state index contributed by atoms with van der Waals surface area (Å²) in [5, 5.41) is 9.18. The van der Waals surface area contributed by atoms with Crippen LogP contribution in [0, 0.1) is 24.2 Å². The highest BCUT2D eigenvalue weighted by atomic mass is 19.4. The van der Waals surface area contributed by atoms with Crippen molar-refractivity contribution in [2.45, 2.75) is 45.3 Å². The molecule has 10 heteroatoms. The van der Waals surface area contributed by atoms with Gasteiger partial charge >= 0.3 is 6.18 Å². The Morgan fingerprint density at radius 3 is 2.66 bits per heavy atom. The van der Waals surface area contributed by atoms with E-state index < -0.39 is 23.1 Å². The van der Waals surface area contributed by atoms with Crippen LogP contribution in [0.2, 0.25) is 0 Å². The summed E-state index contributed by atoms with van der Waals surface area (Å²) in [5.41, 5.74) is 0.533. The maximum absolute atomic E-state index is 14.2. The smallest absolute Gasteiger partial charge is 0.331 e. The zero-order chi connectivity index (χ0) is 27.4. The maximum Gasteiger partial charge on any atom is 0.416 e. The predicted octanol–water partition coefficient (Wildman–Crippen LogP) is 4.81. The second-order valence-electron chi connectivity index (χ2n) is 10.5. The number of benzene rings is 2. The van der Waals surface area contributed by atoms with E-state index in [9.17, 15) is 28.0 Å². The average Bonchev–Trinajstić information content (AvgIpc) is 3.53. The van der Waals surface area contributed by atoms with Crippen molar-refractivity contribution < 1.29 is 22.8 Å². The van der Waals surface area contributed by atoms with Crippen LogP contribution in [0.4, 0.5) is 24.5 Å². The molecule has 2 aliphatic heterocycles. The second-order valence-corrected chi connectivity index (χ2v) is 10.5. The molecule has 3 aromatic rings. The summed E-state index contributed by atoms with van der Waals surface area (Å²) in [6, 6.07) is 11.2. The van der Waals surface area contributed by atoms with E-state index in [1.165, 1.54) is 9.80 Å². The van der Waals surface area contributed by atoms with Crippen molar-refractivity contribution in [2.75, 3.05) is 22.9 Å². The summed E-state index contributed by atoms with van der Waals surface area (Å²) in [7, 11) is 0. The summed E-state index contributed by atoms with van der Waals surface area (Å²) >= 11 is 0. The highest BCUT2D eigenvalue weighted by Gasteiger charge is 2.45. The van der Waals surface area contributed by atoms with Crippen LogP contribution in [-0.4, -0.2) is 34.5 Å². The Labute approximate surface area is 218 Å². The molecule has 0 N–H and O–H groups in total. The molecule has 2 aromatic carbocycles. The number of nitriles is 1. The number of nitrogens with zero attached hydrogens (tertiary/aromatic N) is 5. The first-order valence-electron chi connectivity index (χ1n) is 12.2. The summed E-state index contributed by atoms with van der Waals surface area (Å²) in [4.78, 5) is 33.5. The van der Waals surface area contributed by atoms with Gasteiger partial charge in [0, 0.05) is 55.2 Å². The van der Waals surface area contributed by atoms with Crippen LogP contribution in [0.1, 0.15) is 48.3 Å². The van der Waals surface area contributed by atoms with Gasteiger partial charge in [-0.1, -0.05) is 26.0 Å². The van der Waals surface area contributed by atoms with Gasteiger partial charge in [0.15, 0.2) is 0 Å². The van der Waals surface area contributed by atoms with E-state index >= 15 is 0 Å². The zero-order valence-electron chi connectivity index (χ0n) is 21.2. The Morgan fingerprint density at radius 1 is 1.24 bits per heavy atom. The van der Waals surface area contributed by atoms with Gasteiger partial charge in [0.25, 0.3) is 0 Å². The zero-order valence-corrected chi connectivity index (χ0v) is 21.2. The highest BCUT2D eigenvalue weighted by molar-refractivity contribution is 6.05. The third-order valence-corrected chi connectivity index (χ3v) is 7.39. The Bertz CT molecular complexity index is 1480. The monoisotopic (exact) mass is 521 g/mol. The van der Waals surface area contributed by atoms with Crippen LogP contribution in [-0.2, 0) is 27.7 Å². The lowest BCUT2D eigenvalue weighted by atomic mass is 9.85. The summed E-state index contributed by atoms with van der Waals surface area (Å²) in [6.45, 7) is 5.85. The molecule has 2 aliphatic rings. The topological polar surface area (TPSA) is 82.2 Å². The molecule has 0 unspecified atom stereocenters. The lowest BCUT2D eigenvalue weighted by molar-refractivity contribution is -0.138. The van der Waals surface area contributed by atoms with Gasteiger partial charge in [-0.3, -0.25) is 9.59 Å². The molecule has 38 heavy (non-hydrogen) atoms. The molecule has 3 heterocycles. The number of fused-ring (bicyclic) bond motifs is 1. The Morgan fingerprint density at radius 2 is 2.00 bits per heavy atom. The van der Waals surface area contributed by atoms with E-state index in [1.807, 2.05) is 19.9 Å². The highest BCUT2D eigenvalue weighted by Crippen LogP contribution is 2.46. The molecule has 0 bridgehead atoms. The summed E-state index contributed by atoms with van der Waals surface area (Å²) in [5.74, 6) is -0.752. The van der Waals surface area contributed by atoms with Crippen molar-refractivity contribution in [3.8, 4) is 6.07 Å². The van der Waals surface area contributed by atoms with Crippen LogP contribution in [0.25, 0.3) is 0 Å². The van der Waals surface area contributed by atoms with Crippen LogP contribution in [0.5, 0.6) is 0 Å². The molecule has 0 aliphatic carbocycles. The Kier molecular flexibility index (Phi) is 6.05. The van der Waals surface area contributed by atoms with Crippen LogP contribution in [0.3, 0.4) is 0 Å². The number of carbonyl (C=O) groups is 2. The van der Waals surface area contributed by atoms with E-state index in [0.29, 0.717) is 22.6 Å². The molecule has 1 atom stereocenters. The van der Waals surface area contributed by atoms with E-state index in [4.69, 9.17) is 0 Å². The average molecular weight is 522 g/mol. The standard InChI is InChI=1S/C28H26F3N5O2/c1-17-33-7-8-34(17)14-19-10-23-24(12-22(19)28(29,30)31)36(16-27(23,2)3)26(38)20-11-25(37)35(15-20)21-6-4-5-18(9-21)13-32/h4-10,12,20H,11,14-16H2,1-3H3/t20-/m0/s1. The minimum absolute atomic E-state index is 0.00578. The molecular weight excluding hydrogens is 495 g/mol. The number of amides is 2. The van der Waals surface area contributed by atoms with Gasteiger partial charge in [0.2, 0.25) is 11.8 Å². The van der Waals surface area contributed by atoms with Crippen molar-refractivity contribution in [3.63, 3.8) is 0 Å². The number of halogens is 3. The lowest BCUT2D eigenvalue weighted by Crippen LogP contribution is -2.39. The van der Waals surface area contributed by atoms with Gasteiger partial charge < -0.3 is 14.4 Å². The molecule has 0 spiro atoms. The first-order valence-corrected chi connectivity index (χ1v) is 12.2. The van der Waals surface area contributed by atoms with E-state index in [2.05, 4.69) is 4.98 Å². The molecule has 1 fully saturated rings. The number of carbonyl (C=O) groups excluding carboxylic acids is 2. The summed E-state index contributed by atoms with van der Waals surface area (Å²) < 4.78 is 44.3. The quantitative estimate of drug-likeness (QED) is 0.494. The van der Waals surface area contributed by atoms with Crippen LogP contribution < -0.4 is 9.80 Å². The van der Waals surface area contributed by atoms with Crippen LogP contribution >= 0.6 is 0 Å². The van der Waals surface area contributed by atoms with Crippen molar-refractivity contribution in [1.82, 2.24) is 9.55 Å². The Balaban J connectivity index is 1.49. The molecule has 1 saturated heterocycles. The van der Waals surface area contributed by atoms with Gasteiger partial charge in [-0.2, -0.15) is 18.4 Å². The fourth-order valence-corrected chi connectivity index (χ4v) is 5.40. The molecule has 7 nitrogen and oxygen atoms in total. The van der Waals surface area contributed by atoms with Crippen molar-refractivity contribution in [1.29, 1.82) is 5.26 Å². The maximum atomic E-state index is 14.2. The number of hydrogen-bond donors (Lipinski definition) is 0. The van der Waals surface area contributed by atoms with E-state index in [-0.39, 0.29) is 49.1 Å². The molecule has 5 rings (SSSR count). The minimum atomic E-state index is -4.62. The number of hydrogen-bond acceptors (Lipinski definition) is 4. The number of aromatic nitrogens is 2. The third kappa shape index (κ3) is 4.42. The van der Waals surface area contributed by atoms with Gasteiger partial charge in [0.05, 0.1) is 23.1 Å². The summed E-state index contributed by atoms with van der Waals surface area (Å²) in [6.07, 6.45) is -1.49. The predicted molar refractivity (Wildman–Crippen MR) is 135 cm³/mol. The number of anilines is 2. The number of alkyl halides is 3. The van der Waals surface area contributed by atoms with Crippen molar-refractivity contribution in [2.24, 2.45) is 5.92 Å². The van der Waals surface area contributed by atoms with Crippen molar-refractivity contribution in [3.05, 3.63) is 76.9 Å². The minimum Gasteiger partial charge on any atom is -0.331 e. The van der Waals surface area contributed by atoms with Gasteiger partial charge in [-0.25, -0.2) is 4.98 Å². The fourth-order valence-electron chi connectivity index (χ4n) is 5.40. The van der Waals surface area contributed by atoms with Gasteiger partial charge in [-0.05, 0) is 42.3 Å². The molecule has 196 valence electrons. The van der Waals surface area contributed by atoms with Gasteiger partial charge in [0.1, 0.15) is 5.82 Å². The normalized spacial score (nSPS) is 18.6. The number of imidazole rings is 1. The molecule has 0 saturated carbocycles. The lowest BCUT2D eigenvalue weighted by Gasteiger charge is -2.24. The third-order valence-electron chi connectivity index (χ3n) is 7.39. The largest absolute Gasteiger partial charge is 0.416 e. The van der Waals surface area contributed by atoms with Crippen molar-refractivity contribution >= 4 is 23.2 Å². The molecule has 2 amide bonds. The molecular formula is C28H26F3N5O2. The first-order chi connectivity index (χ1) is 17.9. The first kappa shape index (κ1) is 25.5. The van der Waals surface area contributed by atoms with Gasteiger partial charge in [-0.15, -0.1) is 0 Å². The van der Waals surface area contributed by atoms with Crippen LogP contribution in [0.15, 0.2) is 48.8 Å². The SMILES string of the molecule is Cc1nccn1Cc1cc2c(cc1C(F)(F)F)N(C(=O)[C@H]1CC(=O)N(c3cccc(C#N)c3)C1)CC2(C)C. The van der Waals surface area contributed by atoms with E-state index in [0.717, 1.165) is 6.07 Å². The number of aryl methyl sites for hydroxylation is 1. The fraction of sp³-hybridized carbons (Fsp3) is 0.357. The van der Waals surface area contributed by atoms with E-state index in [1.54, 1.807) is 54.2 Å². The second kappa shape index (κ2) is 9.01. The molecule has 1 aromatic heterocycles. The number of rotatable bonds is 4. The molecule has 0 radical (unpaired) electrons.